The van der Waals surface area contributed by atoms with Crippen LogP contribution in [0.1, 0.15) is 0 Å². The number of hydrogen-bond donors (Lipinski definition) is 1. The van der Waals surface area contributed by atoms with Crippen molar-refractivity contribution >= 4 is 23.1 Å². The molecule has 0 atom stereocenters. The van der Waals surface area contributed by atoms with Gasteiger partial charge in [-0.15, -0.1) is 0 Å². The third-order valence-corrected chi connectivity index (χ3v) is 4.69. The van der Waals surface area contributed by atoms with Crippen LogP contribution in [0.4, 0.5) is 23.1 Å². The minimum atomic E-state index is 0.589. The van der Waals surface area contributed by atoms with Gasteiger partial charge in [0.05, 0.1) is 7.11 Å². The second kappa shape index (κ2) is 7.95. The summed E-state index contributed by atoms with van der Waals surface area (Å²) in [5.74, 6) is 2.34. The van der Waals surface area contributed by atoms with Crippen molar-refractivity contribution in [3.8, 4) is 5.75 Å². The summed E-state index contributed by atoms with van der Waals surface area (Å²) in [5, 5.41) is 3.25. The Labute approximate surface area is 159 Å². The molecule has 0 aliphatic carbocycles. The predicted molar refractivity (Wildman–Crippen MR) is 109 cm³/mol. The molecule has 2 aromatic carbocycles. The Morgan fingerprint density at radius 3 is 2.44 bits per heavy atom. The normalized spacial score (nSPS) is 14.1. The number of hydrogen-bond acceptors (Lipinski definition) is 6. The minimum absolute atomic E-state index is 0.589. The molecule has 1 saturated heterocycles. The number of piperazine rings is 1. The molecule has 1 aliphatic rings. The fourth-order valence-electron chi connectivity index (χ4n) is 3.25. The summed E-state index contributed by atoms with van der Waals surface area (Å²) < 4.78 is 5.26. The standard InChI is InChI=1S/C21H23N5O/c1-27-19-9-5-6-17(16-19)23-21-22-11-10-20(24-21)26-14-12-25(13-15-26)18-7-3-2-4-8-18/h2-11,16H,12-15H2,1H3,(H,22,23,24). The molecular weight excluding hydrogens is 338 g/mol. The highest BCUT2D eigenvalue weighted by Gasteiger charge is 2.18. The van der Waals surface area contributed by atoms with Gasteiger partial charge < -0.3 is 19.9 Å². The maximum Gasteiger partial charge on any atom is 0.229 e. The van der Waals surface area contributed by atoms with Gasteiger partial charge in [0.2, 0.25) is 5.95 Å². The van der Waals surface area contributed by atoms with Crippen molar-refractivity contribution in [2.45, 2.75) is 0 Å². The van der Waals surface area contributed by atoms with E-state index in [0.29, 0.717) is 5.95 Å². The maximum absolute atomic E-state index is 5.26. The molecule has 0 unspecified atom stereocenters. The van der Waals surface area contributed by atoms with E-state index >= 15 is 0 Å². The summed E-state index contributed by atoms with van der Waals surface area (Å²) in [6.45, 7) is 3.83. The van der Waals surface area contributed by atoms with Gasteiger partial charge in [0.15, 0.2) is 0 Å². The lowest BCUT2D eigenvalue weighted by molar-refractivity contribution is 0.415. The molecule has 138 valence electrons. The molecule has 27 heavy (non-hydrogen) atoms. The van der Waals surface area contributed by atoms with Crippen LogP contribution in [0.25, 0.3) is 0 Å². The Morgan fingerprint density at radius 2 is 1.67 bits per heavy atom. The zero-order valence-corrected chi connectivity index (χ0v) is 15.4. The van der Waals surface area contributed by atoms with E-state index in [2.05, 4.69) is 55.4 Å². The summed E-state index contributed by atoms with van der Waals surface area (Å²) in [6, 6.07) is 20.3. The van der Waals surface area contributed by atoms with Crippen LogP contribution in [0.5, 0.6) is 5.75 Å². The Hall–Kier alpha value is -3.28. The SMILES string of the molecule is COc1cccc(Nc2nccc(N3CCN(c4ccccc4)CC3)n2)c1. The molecule has 3 aromatic rings. The maximum atomic E-state index is 5.26. The largest absolute Gasteiger partial charge is 0.497 e. The second-order valence-corrected chi connectivity index (χ2v) is 6.41. The molecule has 6 heteroatoms. The predicted octanol–water partition coefficient (Wildman–Crippen LogP) is 3.56. The van der Waals surface area contributed by atoms with Crippen LogP contribution < -0.4 is 19.9 Å². The lowest BCUT2D eigenvalue weighted by Gasteiger charge is -2.36. The van der Waals surface area contributed by atoms with E-state index < -0.39 is 0 Å². The van der Waals surface area contributed by atoms with Crippen LogP contribution in [0.3, 0.4) is 0 Å². The Bertz CT molecular complexity index is 879. The van der Waals surface area contributed by atoms with Gasteiger partial charge in [-0.25, -0.2) is 4.98 Å². The number of anilines is 4. The fraction of sp³-hybridized carbons (Fsp3) is 0.238. The highest BCUT2D eigenvalue weighted by atomic mass is 16.5. The molecular formula is C21H23N5O. The summed E-state index contributed by atoms with van der Waals surface area (Å²) in [4.78, 5) is 13.8. The van der Waals surface area contributed by atoms with Gasteiger partial charge in [-0.3, -0.25) is 0 Å². The second-order valence-electron chi connectivity index (χ2n) is 6.41. The average Bonchev–Trinajstić information content (AvgIpc) is 2.75. The van der Waals surface area contributed by atoms with Crippen LogP contribution >= 0.6 is 0 Å². The van der Waals surface area contributed by atoms with Gasteiger partial charge >= 0.3 is 0 Å². The van der Waals surface area contributed by atoms with Crippen molar-refractivity contribution in [2.75, 3.05) is 48.4 Å². The van der Waals surface area contributed by atoms with Gasteiger partial charge in [0.1, 0.15) is 11.6 Å². The molecule has 0 bridgehead atoms. The number of ether oxygens (including phenoxy) is 1. The monoisotopic (exact) mass is 361 g/mol. The van der Waals surface area contributed by atoms with E-state index in [9.17, 15) is 0 Å². The van der Waals surface area contributed by atoms with Crippen LogP contribution in [0.15, 0.2) is 66.9 Å². The van der Waals surface area contributed by atoms with Gasteiger partial charge in [-0.1, -0.05) is 24.3 Å². The van der Waals surface area contributed by atoms with Gasteiger partial charge in [0.25, 0.3) is 0 Å². The van der Waals surface area contributed by atoms with Crippen molar-refractivity contribution < 1.29 is 4.74 Å². The Kier molecular flexibility index (Phi) is 5.05. The number of benzene rings is 2. The Morgan fingerprint density at radius 1 is 0.889 bits per heavy atom. The number of nitrogens with zero attached hydrogens (tertiary/aromatic N) is 4. The topological polar surface area (TPSA) is 53.5 Å². The first-order chi connectivity index (χ1) is 13.3. The van der Waals surface area contributed by atoms with Crippen LogP contribution in [-0.2, 0) is 0 Å². The number of nitrogens with one attached hydrogen (secondary N) is 1. The van der Waals surface area contributed by atoms with Gasteiger partial charge in [-0.2, -0.15) is 4.98 Å². The Balaban J connectivity index is 1.42. The third-order valence-electron chi connectivity index (χ3n) is 4.69. The number of para-hydroxylation sites is 1. The molecule has 0 radical (unpaired) electrons. The number of methoxy groups -OCH3 is 1. The van der Waals surface area contributed by atoms with E-state index in [4.69, 9.17) is 4.74 Å². The summed E-state index contributed by atoms with van der Waals surface area (Å²) >= 11 is 0. The molecule has 6 nitrogen and oxygen atoms in total. The number of rotatable bonds is 5. The molecule has 1 aliphatic heterocycles. The van der Waals surface area contributed by atoms with Crippen LogP contribution in [0.2, 0.25) is 0 Å². The smallest absolute Gasteiger partial charge is 0.229 e. The van der Waals surface area contributed by atoms with E-state index in [1.807, 2.05) is 30.3 Å². The quantitative estimate of drug-likeness (QED) is 0.750. The van der Waals surface area contributed by atoms with E-state index in [0.717, 1.165) is 43.4 Å². The number of aromatic nitrogens is 2. The third kappa shape index (κ3) is 4.11. The molecule has 0 saturated carbocycles. The van der Waals surface area contributed by atoms with Crippen molar-refractivity contribution in [2.24, 2.45) is 0 Å². The molecule has 0 spiro atoms. The van der Waals surface area contributed by atoms with Crippen molar-refractivity contribution in [3.63, 3.8) is 0 Å². The van der Waals surface area contributed by atoms with E-state index in [1.165, 1.54) is 5.69 Å². The lowest BCUT2D eigenvalue weighted by Crippen LogP contribution is -2.46. The molecule has 0 amide bonds. The van der Waals surface area contributed by atoms with Crippen molar-refractivity contribution in [3.05, 3.63) is 66.9 Å². The average molecular weight is 361 g/mol. The van der Waals surface area contributed by atoms with E-state index in [-0.39, 0.29) is 0 Å². The first kappa shape index (κ1) is 17.1. The van der Waals surface area contributed by atoms with Crippen molar-refractivity contribution in [1.82, 2.24) is 9.97 Å². The zero-order valence-electron chi connectivity index (χ0n) is 15.4. The lowest BCUT2D eigenvalue weighted by atomic mass is 10.2. The highest BCUT2D eigenvalue weighted by molar-refractivity contribution is 5.57. The summed E-state index contributed by atoms with van der Waals surface area (Å²) in [6.07, 6.45) is 1.80. The fourth-order valence-corrected chi connectivity index (χ4v) is 3.25. The van der Waals surface area contributed by atoms with Crippen LogP contribution in [-0.4, -0.2) is 43.3 Å². The minimum Gasteiger partial charge on any atom is -0.497 e. The summed E-state index contributed by atoms with van der Waals surface area (Å²) in [7, 11) is 1.66. The molecule has 4 rings (SSSR count). The molecule has 1 fully saturated rings. The van der Waals surface area contributed by atoms with Crippen molar-refractivity contribution in [1.29, 1.82) is 0 Å². The zero-order chi connectivity index (χ0) is 18.5. The highest BCUT2D eigenvalue weighted by Crippen LogP contribution is 2.22. The van der Waals surface area contributed by atoms with E-state index in [1.54, 1.807) is 13.3 Å². The molecule has 1 aromatic heterocycles. The summed E-state index contributed by atoms with van der Waals surface area (Å²) in [5.41, 5.74) is 2.18. The van der Waals surface area contributed by atoms with Gasteiger partial charge in [-0.05, 0) is 30.3 Å². The van der Waals surface area contributed by atoms with Crippen LogP contribution in [0, 0.1) is 0 Å². The first-order valence-electron chi connectivity index (χ1n) is 9.11. The van der Waals surface area contributed by atoms with Gasteiger partial charge in [0, 0.05) is 49.8 Å². The first-order valence-corrected chi connectivity index (χ1v) is 9.11. The molecule has 2 heterocycles. The molecule has 1 N–H and O–H groups in total.